The Kier molecular flexibility index (Phi) is 5.33. The highest BCUT2D eigenvalue weighted by Crippen LogP contribution is 2.27. The summed E-state index contributed by atoms with van der Waals surface area (Å²) in [5.74, 6) is -0.152. The number of nitrogens with zero attached hydrogens (tertiary/aromatic N) is 3. The summed E-state index contributed by atoms with van der Waals surface area (Å²) in [7, 11) is 0. The van der Waals surface area contributed by atoms with E-state index in [9.17, 15) is 14.0 Å². The molecule has 0 saturated carbocycles. The molecule has 1 unspecified atom stereocenters. The molecule has 0 bridgehead atoms. The minimum absolute atomic E-state index is 0.0508. The largest absolute Gasteiger partial charge is 0.343 e. The van der Waals surface area contributed by atoms with Crippen molar-refractivity contribution in [2.75, 3.05) is 6.54 Å². The molecule has 0 aliphatic carbocycles. The number of hydrogen-bond donors (Lipinski definition) is 1. The summed E-state index contributed by atoms with van der Waals surface area (Å²) in [6.45, 7) is 1.13. The van der Waals surface area contributed by atoms with E-state index in [-0.39, 0.29) is 30.2 Å². The quantitative estimate of drug-likeness (QED) is 0.694. The van der Waals surface area contributed by atoms with Crippen LogP contribution in [0.2, 0.25) is 0 Å². The molecule has 1 aliphatic rings. The standard InChI is InChI=1S/C21H19FN4O3/c22-17-8-6-15(7-9-17)21(28)23-11-18-24-20(25-29-18)16-10-19(27)26(13-16)12-14-4-2-1-3-5-14/h1-9,16H,10-13H2,(H,23,28). The summed E-state index contributed by atoms with van der Waals surface area (Å²) >= 11 is 0. The second-order valence-electron chi connectivity index (χ2n) is 6.90. The van der Waals surface area contributed by atoms with Gasteiger partial charge in [-0.2, -0.15) is 4.98 Å². The van der Waals surface area contributed by atoms with E-state index in [0.717, 1.165) is 5.56 Å². The molecule has 0 spiro atoms. The maximum atomic E-state index is 12.9. The highest BCUT2D eigenvalue weighted by atomic mass is 19.1. The summed E-state index contributed by atoms with van der Waals surface area (Å²) in [6.07, 6.45) is 0.327. The van der Waals surface area contributed by atoms with E-state index in [0.29, 0.717) is 30.9 Å². The molecule has 1 fully saturated rings. The topological polar surface area (TPSA) is 88.3 Å². The molecule has 2 aromatic carbocycles. The van der Waals surface area contributed by atoms with Crippen LogP contribution < -0.4 is 5.32 Å². The Balaban J connectivity index is 1.33. The Morgan fingerprint density at radius 3 is 2.69 bits per heavy atom. The summed E-state index contributed by atoms with van der Waals surface area (Å²) in [5.41, 5.74) is 1.41. The van der Waals surface area contributed by atoms with Crippen molar-refractivity contribution in [3.8, 4) is 0 Å². The zero-order valence-corrected chi connectivity index (χ0v) is 15.5. The monoisotopic (exact) mass is 394 g/mol. The zero-order chi connectivity index (χ0) is 20.2. The van der Waals surface area contributed by atoms with Crippen LogP contribution in [0.15, 0.2) is 59.1 Å². The fraction of sp³-hybridized carbons (Fsp3) is 0.238. The Labute approximate surface area is 166 Å². The van der Waals surface area contributed by atoms with Crippen LogP contribution in [0.25, 0.3) is 0 Å². The van der Waals surface area contributed by atoms with E-state index in [1.165, 1.54) is 24.3 Å². The number of likely N-dealkylation sites (tertiary alicyclic amines) is 1. The van der Waals surface area contributed by atoms with Crippen LogP contribution in [0.3, 0.4) is 0 Å². The molecule has 3 aromatic rings. The minimum Gasteiger partial charge on any atom is -0.343 e. The molecule has 2 heterocycles. The third kappa shape index (κ3) is 4.48. The molecule has 2 amide bonds. The van der Waals surface area contributed by atoms with E-state index in [2.05, 4.69) is 15.5 Å². The maximum absolute atomic E-state index is 12.9. The number of amides is 2. The predicted molar refractivity (Wildman–Crippen MR) is 101 cm³/mol. The van der Waals surface area contributed by atoms with Gasteiger partial charge in [-0.05, 0) is 29.8 Å². The molecule has 148 valence electrons. The SMILES string of the molecule is O=C(NCc1nc(C2CC(=O)N(Cc3ccccc3)C2)no1)c1ccc(F)cc1. The zero-order valence-electron chi connectivity index (χ0n) is 15.5. The van der Waals surface area contributed by atoms with Gasteiger partial charge in [-0.15, -0.1) is 0 Å². The average Bonchev–Trinajstić information content (AvgIpc) is 3.34. The Morgan fingerprint density at radius 2 is 1.93 bits per heavy atom. The fourth-order valence-electron chi connectivity index (χ4n) is 3.27. The normalized spacial score (nSPS) is 16.2. The fourth-order valence-corrected chi connectivity index (χ4v) is 3.27. The van der Waals surface area contributed by atoms with Gasteiger partial charge in [-0.3, -0.25) is 9.59 Å². The molecule has 8 heteroatoms. The third-order valence-electron chi connectivity index (χ3n) is 4.79. The predicted octanol–water partition coefficient (Wildman–Crippen LogP) is 2.65. The molecule has 1 atom stereocenters. The van der Waals surface area contributed by atoms with E-state index >= 15 is 0 Å². The molecule has 1 aliphatic heterocycles. The summed E-state index contributed by atoms with van der Waals surface area (Å²) in [4.78, 5) is 30.5. The minimum atomic E-state index is -0.407. The maximum Gasteiger partial charge on any atom is 0.251 e. The van der Waals surface area contributed by atoms with Gasteiger partial charge >= 0.3 is 0 Å². The molecular weight excluding hydrogens is 375 g/mol. The van der Waals surface area contributed by atoms with Gasteiger partial charge in [0.2, 0.25) is 11.8 Å². The first kappa shape index (κ1) is 18.8. The van der Waals surface area contributed by atoms with Gasteiger partial charge in [0.1, 0.15) is 5.82 Å². The molecule has 29 heavy (non-hydrogen) atoms. The highest BCUT2D eigenvalue weighted by Gasteiger charge is 2.33. The van der Waals surface area contributed by atoms with Gasteiger partial charge in [0, 0.05) is 31.0 Å². The van der Waals surface area contributed by atoms with Crippen molar-refractivity contribution < 1.29 is 18.5 Å². The van der Waals surface area contributed by atoms with Crippen molar-refractivity contribution in [3.63, 3.8) is 0 Å². The molecule has 1 aromatic heterocycles. The third-order valence-corrected chi connectivity index (χ3v) is 4.79. The average molecular weight is 394 g/mol. The first-order valence-corrected chi connectivity index (χ1v) is 9.26. The van der Waals surface area contributed by atoms with E-state index in [1.54, 1.807) is 4.90 Å². The number of benzene rings is 2. The first-order chi connectivity index (χ1) is 14.1. The molecule has 1 saturated heterocycles. The van der Waals surface area contributed by atoms with Crippen LogP contribution >= 0.6 is 0 Å². The number of hydrogen-bond acceptors (Lipinski definition) is 5. The molecule has 7 nitrogen and oxygen atoms in total. The smallest absolute Gasteiger partial charge is 0.251 e. The summed E-state index contributed by atoms with van der Waals surface area (Å²) in [5, 5.41) is 6.62. The molecular formula is C21H19FN4O3. The number of nitrogens with one attached hydrogen (secondary N) is 1. The van der Waals surface area contributed by atoms with Gasteiger partial charge in [0.25, 0.3) is 5.91 Å². The van der Waals surface area contributed by atoms with E-state index < -0.39 is 5.82 Å². The van der Waals surface area contributed by atoms with Crippen molar-refractivity contribution in [1.82, 2.24) is 20.4 Å². The number of halogens is 1. The summed E-state index contributed by atoms with van der Waals surface area (Å²) in [6, 6.07) is 15.0. The van der Waals surface area contributed by atoms with Gasteiger partial charge in [-0.25, -0.2) is 4.39 Å². The number of aromatic nitrogens is 2. The van der Waals surface area contributed by atoms with Gasteiger partial charge in [0.05, 0.1) is 6.54 Å². The first-order valence-electron chi connectivity index (χ1n) is 9.26. The van der Waals surface area contributed by atoms with Crippen molar-refractivity contribution in [1.29, 1.82) is 0 Å². The van der Waals surface area contributed by atoms with Crippen molar-refractivity contribution in [2.24, 2.45) is 0 Å². The Morgan fingerprint density at radius 1 is 1.17 bits per heavy atom. The van der Waals surface area contributed by atoms with Gasteiger partial charge < -0.3 is 14.7 Å². The van der Waals surface area contributed by atoms with Crippen molar-refractivity contribution in [3.05, 3.63) is 83.3 Å². The summed E-state index contributed by atoms with van der Waals surface area (Å²) < 4.78 is 18.1. The van der Waals surface area contributed by atoms with Crippen LogP contribution in [0, 0.1) is 5.82 Å². The lowest BCUT2D eigenvalue weighted by Gasteiger charge is -2.15. The van der Waals surface area contributed by atoms with Crippen LogP contribution in [-0.2, 0) is 17.9 Å². The van der Waals surface area contributed by atoms with Gasteiger partial charge in [0.15, 0.2) is 5.82 Å². The van der Waals surface area contributed by atoms with Crippen LogP contribution in [0.1, 0.15) is 40.0 Å². The number of rotatable bonds is 6. The Bertz CT molecular complexity index is 1000. The van der Waals surface area contributed by atoms with Crippen LogP contribution in [0.4, 0.5) is 4.39 Å². The second-order valence-corrected chi connectivity index (χ2v) is 6.90. The highest BCUT2D eigenvalue weighted by molar-refractivity contribution is 5.94. The van der Waals surface area contributed by atoms with Crippen molar-refractivity contribution >= 4 is 11.8 Å². The molecule has 4 rings (SSSR count). The van der Waals surface area contributed by atoms with Crippen LogP contribution in [0.5, 0.6) is 0 Å². The number of carbonyl (C=O) groups excluding carboxylic acids is 2. The van der Waals surface area contributed by atoms with E-state index in [1.807, 2.05) is 30.3 Å². The lowest BCUT2D eigenvalue weighted by molar-refractivity contribution is -0.128. The lowest BCUT2D eigenvalue weighted by Crippen LogP contribution is -2.24. The van der Waals surface area contributed by atoms with E-state index in [4.69, 9.17) is 4.52 Å². The van der Waals surface area contributed by atoms with Crippen molar-refractivity contribution in [2.45, 2.75) is 25.4 Å². The van der Waals surface area contributed by atoms with Crippen LogP contribution in [-0.4, -0.2) is 33.4 Å². The van der Waals surface area contributed by atoms with Gasteiger partial charge in [-0.1, -0.05) is 35.5 Å². The lowest BCUT2D eigenvalue weighted by atomic mass is 10.1. The molecule has 0 radical (unpaired) electrons. The molecule has 1 N–H and O–H groups in total. The second kappa shape index (κ2) is 8.22. The Hall–Kier alpha value is -3.55. The number of carbonyl (C=O) groups is 2.